The molecular weight excluding hydrogens is 450 g/mol. The molecule has 2 aromatic carbocycles. The normalized spacial score (nSPS) is 14.0. The monoisotopic (exact) mass is 467 g/mol. The van der Waals surface area contributed by atoms with Crippen LogP contribution in [0.4, 0.5) is 16.5 Å². The van der Waals surface area contributed by atoms with Crippen molar-refractivity contribution in [3.8, 4) is 11.8 Å². The molecule has 0 atom stereocenters. The number of thioether (sulfide) groups is 2. The number of hydrogen-bond donors (Lipinski definition) is 1. The second-order valence-electron chi connectivity index (χ2n) is 6.33. The molecule has 31 heavy (non-hydrogen) atoms. The molecule has 0 spiro atoms. The average Bonchev–Trinajstić information content (AvgIpc) is 3.38. The Hall–Kier alpha value is -3.00. The summed E-state index contributed by atoms with van der Waals surface area (Å²) >= 11 is 4.05. The van der Waals surface area contributed by atoms with Gasteiger partial charge in [0.2, 0.25) is 5.13 Å². The number of allylic oxidation sites excluding steroid dienone is 1. The van der Waals surface area contributed by atoms with Gasteiger partial charge in [-0.25, -0.2) is 0 Å². The van der Waals surface area contributed by atoms with Crippen molar-refractivity contribution in [2.24, 2.45) is 0 Å². The molecule has 0 saturated heterocycles. The van der Waals surface area contributed by atoms with Gasteiger partial charge in [0.05, 0.1) is 24.2 Å². The van der Waals surface area contributed by atoms with E-state index in [2.05, 4.69) is 21.6 Å². The predicted molar refractivity (Wildman–Crippen MR) is 125 cm³/mol. The van der Waals surface area contributed by atoms with Gasteiger partial charge in [0.15, 0.2) is 10.1 Å². The summed E-state index contributed by atoms with van der Waals surface area (Å²) in [6.45, 7) is 0. The van der Waals surface area contributed by atoms with E-state index in [-0.39, 0.29) is 17.1 Å². The Bertz CT molecular complexity index is 1200. The van der Waals surface area contributed by atoms with Crippen molar-refractivity contribution in [2.75, 3.05) is 30.1 Å². The molecule has 1 aromatic heterocycles. The van der Waals surface area contributed by atoms with Crippen LogP contribution in [0.5, 0.6) is 5.75 Å². The predicted octanol–water partition coefficient (Wildman–Crippen LogP) is 4.93. The van der Waals surface area contributed by atoms with Gasteiger partial charge in [-0.05, 0) is 24.3 Å². The maximum Gasteiger partial charge on any atom is 0.210 e. The van der Waals surface area contributed by atoms with Crippen LogP contribution in [-0.2, 0) is 4.79 Å². The van der Waals surface area contributed by atoms with E-state index in [4.69, 9.17) is 4.74 Å². The minimum atomic E-state index is -0.232. The minimum absolute atomic E-state index is 0.112. The molecule has 7 nitrogen and oxygen atoms in total. The van der Waals surface area contributed by atoms with Crippen LogP contribution in [-0.4, -0.2) is 35.9 Å². The Balaban J connectivity index is 1.43. The maximum absolute atomic E-state index is 12.8. The van der Waals surface area contributed by atoms with Crippen LogP contribution in [0.25, 0.3) is 0 Å². The van der Waals surface area contributed by atoms with E-state index < -0.39 is 0 Å². The van der Waals surface area contributed by atoms with Gasteiger partial charge in [-0.2, -0.15) is 5.26 Å². The molecule has 0 aliphatic carbocycles. The molecule has 0 bridgehead atoms. The molecule has 0 fully saturated rings. The van der Waals surface area contributed by atoms with E-state index in [0.29, 0.717) is 20.2 Å². The quantitative estimate of drug-likeness (QED) is 0.295. The first-order valence-corrected chi connectivity index (χ1v) is 11.8. The van der Waals surface area contributed by atoms with E-state index in [1.807, 2.05) is 60.5 Å². The first-order valence-electron chi connectivity index (χ1n) is 9.15. The summed E-state index contributed by atoms with van der Waals surface area (Å²) in [6.07, 6.45) is 0. The van der Waals surface area contributed by atoms with E-state index in [1.165, 1.54) is 34.9 Å². The number of methoxy groups -OCH3 is 1. The van der Waals surface area contributed by atoms with E-state index >= 15 is 0 Å². The van der Waals surface area contributed by atoms with E-state index in [9.17, 15) is 10.1 Å². The van der Waals surface area contributed by atoms with Crippen LogP contribution in [0.2, 0.25) is 0 Å². The van der Waals surface area contributed by atoms with E-state index in [1.54, 1.807) is 7.11 Å². The summed E-state index contributed by atoms with van der Waals surface area (Å²) in [4.78, 5) is 15.7. The highest BCUT2D eigenvalue weighted by atomic mass is 32.2. The van der Waals surface area contributed by atoms with Crippen LogP contribution in [0.15, 0.2) is 68.4 Å². The highest BCUT2D eigenvalue weighted by Crippen LogP contribution is 2.46. The number of ketones is 1. The lowest BCUT2D eigenvalue weighted by molar-refractivity contribution is -0.112. The highest BCUT2D eigenvalue weighted by molar-refractivity contribution is 8.04. The molecule has 1 aliphatic rings. The van der Waals surface area contributed by atoms with Gasteiger partial charge in [-0.1, -0.05) is 59.1 Å². The summed E-state index contributed by atoms with van der Waals surface area (Å²) in [6, 6.07) is 17.4. The van der Waals surface area contributed by atoms with Gasteiger partial charge >= 0.3 is 0 Å². The molecule has 1 N–H and O–H groups in total. The molecule has 1 aliphatic heterocycles. The molecular formula is C21H17N5O2S3. The number of nitriles is 1. The molecule has 10 heteroatoms. The molecule has 2 heterocycles. The van der Waals surface area contributed by atoms with Crippen LogP contribution in [0, 0.1) is 11.3 Å². The number of nitrogens with one attached hydrogen (secondary N) is 1. The van der Waals surface area contributed by atoms with Crippen molar-refractivity contribution < 1.29 is 9.53 Å². The number of carbonyl (C=O) groups is 1. The SMILES string of the molecule is COc1ccccc1Nc1nnc(SCC(=O)/C(C#N)=C2\Sc3ccccc3N2C)s1. The van der Waals surface area contributed by atoms with Crippen molar-refractivity contribution in [3.05, 3.63) is 59.1 Å². The largest absolute Gasteiger partial charge is 0.495 e. The average molecular weight is 468 g/mol. The highest BCUT2D eigenvalue weighted by Gasteiger charge is 2.28. The van der Waals surface area contributed by atoms with E-state index in [0.717, 1.165) is 16.3 Å². The molecule has 0 saturated carbocycles. The third kappa shape index (κ3) is 4.54. The van der Waals surface area contributed by atoms with Crippen LogP contribution < -0.4 is 15.0 Å². The third-order valence-corrected chi connectivity index (χ3v) is 7.63. The lowest BCUT2D eigenvalue weighted by atomic mass is 10.2. The number of nitrogens with zero attached hydrogens (tertiary/aromatic N) is 4. The van der Waals surface area contributed by atoms with Gasteiger partial charge in [-0.15, -0.1) is 10.2 Å². The lowest BCUT2D eigenvalue weighted by Gasteiger charge is -2.14. The van der Waals surface area contributed by atoms with Crippen LogP contribution in [0.3, 0.4) is 0 Å². The number of Topliss-reactive ketones (excluding diaryl/α,β-unsaturated/α-hetero) is 1. The molecule has 156 valence electrons. The number of aromatic nitrogens is 2. The summed E-state index contributed by atoms with van der Waals surface area (Å²) in [5.74, 6) is 0.580. The summed E-state index contributed by atoms with van der Waals surface area (Å²) < 4.78 is 5.97. The zero-order valence-electron chi connectivity index (χ0n) is 16.7. The van der Waals surface area contributed by atoms with Crippen LogP contribution >= 0.6 is 34.9 Å². The fourth-order valence-corrected chi connectivity index (χ4v) is 5.73. The van der Waals surface area contributed by atoms with Gasteiger partial charge in [-0.3, -0.25) is 4.79 Å². The maximum atomic E-state index is 12.8. The van der Waals surface area contributed by atoms with Gasteiger partial charge in [0.1, 0.15) is 22.4 Å². The molecule has 0 amide bonds. The molecule has 4 rings (SSSR count). The zero-order chi connectivity index (χ0) is 21.8. The number of rotatable bonds is 7. The Labute approximate surface area is 192 Å². The third-order valence-electron chi connectivity index (χ3n) is 4.42. The van der Waals surface area contributed by atoms with Gasteiger partial charge in [0.25, 0.3) is 0 Å². The lowest BCUT2D eigenvalue weighted by Crippen LogP contribution is -2.16. The molecule has 0 unspecified atom stereocenters. The number of benzene rings is 2. The first-order chi connectivity index (χ1) is 15.1. The smallest absolute Gasteiger partial charge is 0.210 e. The summed E-state index contributed by atoms with van der Waals surface area (Å²) in [5, 5.41) is 22.3. The van der Waals surface area contributed by atoms with Crippen molar-refractivity contribution in [3.63, 3.8) is 0 Å². The van der Waals surface area contributed by atoms with Gasteiger partial charge < -0.3 is 15.0 Å². The number of carbonyl (C=O) groups excluding carboxylic acids is 1. The Morgan fingerprint density at radius 3 is 2.77 bits per heavy atom. The van der Waals surface area contributed by atoms with Gasteiger partial charge in [0, 0.05) is 11.9 Å². The summed E-state index contributed by atoms with van der Waals surface area (Å²) in [5.41, 5.74) is 1.94. The topological polar surface area (TPSA) is 91.1 Å². The standard InChI is InChI=1S/C21H17N5O2S3/c1-26-15-8-4-6-10-18(15)30-19(26)13(11-22)16(27)12-29-21-25-24-20(31-21)23-14-7-3-5-9-17(14)28-2/h3-10H,12H2,1-2H3,(H,23,24)/b19-13-. The van der Waals surface area contributed by atoms with Crippen molar-refractivity contribution in [1.29, 1.82) is 5.26 Å². The number of anilines is 3. The van der Waals surface area contributed by atoms with Crippen molar-refractivity contribution in [1.82, 2.24) is 10.2 Å². The summed E-state index contributed by atoms with van der Waals surface area (Å²) in [7, 11) is 3.47. The first kappa shape index (κ1) is 21.2. The van der Waals surface area contributed by atoms with Crippen molar-refractivity contribution >= 4 is 57.2 Å². The Morgan fingerprint density at radius 1 is 1.23 bits per heavy atom. The molecule has 0 radical (unpaired) electrons. The fourth-order valence-electron chi connectivity index (χ4n) is 2.93. The second kappa shape index (κ2) is 9.43. The Kier molecular flexibility index (Phi) is 6.46. The number of hydrogen-bond acceptors (Lipinski definition) is 10. The van der Waals surface area contributed by atoms with Crippen LogP contribution in [0.1, 0.15) is 0 Å². The number of ether oxygens (including phenoxy) is 1. The number of para-hydroxylation sites is 3. The Morgan fingerprint density at radius 2 is 2.00 bits per heavy atom. The number of fused-ring (bicyclic) bond motifs is 1. The minimum Gasteiger partial charge on any atom is -0.495 e. The second-order valence-corrected chi connectivity index (χ2v) is 9.56. The van der Waals surface area contributed by atoms with Crippen molar-refractivity contribution in [2.45, 2.75) is 9.24 Å². The fraction of sp³-hybridized carbons (Fsp3) is 0.143. The molecule has 3 aromatic rings. The zero-order valence-corrected chi connectivity index (χ0v) is 19.1.